The predicted octanol–water partition coefficient (Wildman–Crippen LogP) is 2.19. The second-order valence-corrected chi connectivity index (χ2v) is 4.13. The molecule has 0 spiro atoms. The Labute approximate surface area is 110 Å². The van der Waals surface area contributed by atoms with Gasteiger partial charge < -0.3 is 11.1 Å². The van der Waals surface area contributed by atoms with E-state index < -0.39 is 11.7 Å². The molecular formula is C13H15FN4O. The Kier molecular flexibility index (Phi) is 3.50. The Balaban J connectivity index is 2.30. The number of hydrogen-bond acceptors (Lipinski definition) is 3. The first-order chi connectivity index (χ1) is 9.02. The van der Waals surface area contributed by atoms with Crippen LogP contribution in [0.2, 0.25) is 0 Å². The Morgan fingerprint density at radius 1 is 1.53 bits per heavy atom. The van der Waals surface area contributed by atoms with Crippen molar-refractivity contribution in [2.24, 2.45) is 0 Å². The monoisotopic (exact) mass is 262 g/mol. The summed E-state index contributed by atoms with van der Waals surface area (Å²) >= 11 is 0. The number of nitrogens with two attached hydrogens (primary N) is 1. The van der Waals surface area contributed by atoms with E-state index in [-0.39, 0.29) is 0 Å². The summed E-state index contributed by atoms with van der Waals surface area (Å²) in [7, 11) is 0. The van der Waals surface area contributed by atoms with Crippen LogP contribution in [0.15, 0.2) is 24.3 Å². The van der Waals surface area contributed by atoms with Crippen LogP contribution in [0.4, 0.5) is 15.8 Å². The smallest absolute Gasteiger partial charge is 0.276 e. The van der Waals surface area contributed by atoms with Crippen molar-refractivity contribution in [2.75, 3.05) is 11.1 Å². The molecule has 6 heteroatoms. The van der Waals surface area contributed by atoms with E-state index >= 15 is 0 Å². The average molecular weight is 262 g/mol. The van der Waals surface area contributed by atoms with Crippen LogP contribution >= 0.6 is 0 Å². The van der Waals surface area contributed by atoms with Gasteiger partial charge in [0.1, 0.15) is 11.5 Å². The topological polar surface area (TPSA) is 72.9 Å². The molecule has 2 aromatic rings. The molecule has 5 nitrogen and oxygen atoms in total. The van der Waals surface area contributed by atoms with Crippen molar-refractivity contribution in [1.82, 2.24) is 9.78 Å². The number of amides is 1. The lowest BCUT2D eigenvalue weighted by molar-refractivity contribution is 0.101. The summed E-state index contributed by atoms with van der Waals surface area (Å²) in [4.78, 5) is 12.2. The zero-order chi connectivity index (χ0) is 14.0. The number of hydrogen-bond donors (Lipinski definition) is 2. The minimum atomic E-state index is -0.411. The highest BCUT2D eigenvalue weighted by molar-refractivity contribution is 6.06. The SMILES string of the molecule is CCn1nc(C)c(N)c1C(=O)Nc1cccc(F)c1. The molecule has 0 atom stereocenters. The van der Waals surface area contributed by atoms with Crippen LogP contribution in [-0.2, 0) is 6.54 Å². The third kappa shape index (κ3) is 2.57. The zero-order valence-electron chi connectivity index (χ0n) is 10.8. The van der Waals surface area contributed by atoms with E-state index in [9.17, 15) is 9.18 Å². The molecule has 1 aromatic carbocycles. The van der Waals surface area contributed by atoms with Gasteiger partial charge in [-0.2, -0.15) is 5.10 Å². The number of nitrogens with zero attached hydrogens (tertiary/aromatic N) is 2. The number of benzene rings is 1. The van der Waals surface area contributed by atoms with Crippen molar-refractivity contribution in [1.29, 1.82) is 0 Å². The summed E-state index contributed by atoms with van der Waals surface area (Å²) in [6.45, 7) is 4.13. The summed E-state index contributed by atoms with van der Waals surface area (Å²) in [5.74, 6) is -0.809. The zero-order valence-corrected chi connectivity index (χ0v) is 10.8. The van der Waals surface area contributed by atoms with E-state index in [0.717, 1.165) is 0 Å². The van der Waals surface area contributed by atoms with Gasteiger partial charge in [0.2, 0.25) is 0 Å². The highest BCUT2D eigenvalue weighted by Crippen LogP contribution is 2.18. The fourth-order valence-electron chi connectivity index (χ4n) is 1.82. The van der Waals surface area contributed by atoms with E-state index in [2.05, 4.69) is 10.4 Å². The van der Waals surface area contributed by atoms with Crippen LogP contribution in [0, 0.1) is 12.7 Å². The minimum absolute atomic E-state index is 0.296. The molecule has 0 aliphatic carbocycles. The van der Waals surface area contributed by atoms with Gasteiger partial charge in [0.15, 0.2) is 0 Å². The van der Waals surface area contributed by atoms with Gasteiger partial charge in [-0.1, -0.05) is 6.07 Å². The lowest BCUT2D eigenvalue weighted by atomic mass is 10.2. The molecule has 100 valence electrons. The molecule has 1 aromatic heterocycles. The van der Waals surface area contributed by atoms with E-state index in [1.807, 2.05) is 6.92 Å². The molecule has 0 fully saturated rings. The molecule has 0 unspecified atom stereocenters. The number of anilines is 2. The molecular weight excluding hydrogens is 247 g/mol. The molecule has 0 saturated carbocycles. The number of carbonyl (C=O) groups is 1. The third-order valence-corrected chi connectivity index (χ3v) is 2.77. The Morgan fingerprint density at radius 3 is 2.89 bits per heavy atom. The number of halogens is 1. The van der Waals surface area contributed by atoms with E-state index in [0.29, 0.717) is 29.3 Å². The van der Waals surface area contributed by atoms with Gasteiger partial charge in [0, 0.05) is 12.2 Å². The van der Waals surface area contributed by atoms with Crippen LogP contribution in [0.5, 0.6) is 0 Å². The highest BCUT2D eigenvalue weighted by Gasteiger charge is 2.19. The molecule has 1 amide bonds. The summed E-state index contributed by atoms with van der Waals surface area (Å²) in [5.41, 5.74) is 7.47. The molecule has 0 aliphatic heterocycles. The van der Waals surface area contributed by atoms with Crippen molar-refractivity contribution in [2.45, 2.75) is 20.4 Å². The molecule has 3 N–H and O–H groups in total. The van der Waals surface area contributed by atoms with Gasteiger partial charge in [-0.25, -0.2) is 4.39 Å². The normalized spacial score (nSPS) is 10.5. The van der Waals surface area contributed by atoms with Gasteiger partial charge >= 0.3 is 0 Å². The van der Waals surface area contributed by atoms with Crippen molar-refractivity contribution in [3.05, 3.63) is 41.5 Å². The maximum atomic E-state index is 13.1. The second-order valence-electron chi connectivity index (χ2n) is 4.13. The summed E-state index contributed by atoms with van der Waals surface area (Å²) in [6.07, 6.45) is 0. The lowest BCUT2D eigenvalue weighted by Gasteiger charge is -2.07. The van der Waals surface area contributed by atoms with E-state index in [4.69, 9.17) is 5.73 Å². The number of rotatable bonds is 3. The minimum Gasteiger partial charge on any atom is -0.395 e. The van der Waals surface area contributed by atoms with Crippen LogP contribution in [0.3, 0.4) is 0 Å². The number of aryl methyl sites for hydroxylation is 2. The molecule has 19 heavy (non-hydrogen) atoms. The fraction of sp³-hybridized carbons (Fsp3) is 0.231. The first-order valence-electron chi connectivity index (χ1n) is 5.92. The summed E-state index contributed by atoms with van der Waals surface area (Å²) < 4.78 is 14.6. The third-order valence-electron chi connectivity index (χ3n) is 2.77. The number of nitrogen functional groups attached to an aromatic ring is 1. The van der Waals surface area contributed by atoms with E-state index in [1.54, 1.807) is 13.0 Å². The molecule has 2 rings (SSSR count). The fourth-order valence-corrected chi connectivity index (χ4v) is 1.82. The van der Waals surface area contributed by atoms with Crippen molar-refractivity contribution >= 4 is 17.3 Å². The van der Waals surface area contributed by atoms with E-state index in [1.165, 1.54) is 22.9 Å². The van der Waals surface area contributed by atoms with Crippen LogP contribution < -0.4 is 11.1 Å². The number of carbonyl (C=O) groups excluding carboxylic acids is 1. The van der Waals surface area contributed by atoms with Gasteiger partial charge in [-0.15, -0.1) is 0 Å². The maximum absolute atomic E-state index is 13.1. The molecule has 0 aliphatic rings. The molecule has 0 radical (unpaired) electrons. The predicted molar refractivity (Wildman–Crippen MR) is 71.4 cm³/mol. The standard InChI is InChI=1S/C13H15FN4O/c1-3-18-12(11(15)8(2)17-18)13(19)16-10-6-4-5-9(14)7-10/h4-7H,3,15H2,1-2H3,(H,16,19). The van der Waals surface area contributed by atoms with Gasteiger partial charge in [-0.05, 0) is 32.0 Å². The van der Waals surface area contributed by atoms with Crippen molar-refractivity contribution < 1.29 is 9.18 Å². The Morgan fingerprint density at radius 2 is 2.26 bits per heavy atom. The molecule has 0 saturated heterocycles. The van der Waals surface area contributed by atoms with Gasteiger partial charge in [0.05, 0.1) is 11.4 Å². The number of nitrogens with one attached hydrogen (secondary N) is 1. The van der Waals surface area contributed by atoms with Crippen LogP contribution in [0.1, 0.15) is 23.1 Å². The van der Waals surface area contributed by atoms with Crippen LogP contribution in [0.25, 0.3) is 0 Å². The largest absolute Gasteiger partial charge is 0.395 e. The number of aromatic nitrogens is 2. The summed E-state index contributed by atoms with van der Waals surface area (Å²) in [6, 6.07) is 5.69. The van der Waals surface area contributed by atoms with Crippen LogP contribution in [-0.4, -0.2) is 15.7 Å². The average Bonchev–Trinajstić information content (AvgIpc) is 2.65. The summed E-state index contributed by atoms with van der Waals surface area (Å²) in [5, 5.41) is 6.77. The Bertz CT molecular complexity index is 621. The Hall–Kier alpha value is -2.37. The van der Waals surface area contributed by atoms with Gasteiger partial charge in [0.25, 0.3) is 5.91 Å². The van der Waals surface area contributed by atoms with Crippen molar-refractivity contribution in [3.63, 3.8) is 0 Å². The molecule has 0 bridgehead atoms. The second kappa shape index (κ2) is 5.09. The first kappa shape index (κ1) is 13.1. The lowest BCUT2D eigenvalue weighted by Crippen LogP contribution is -2.18. The van der Waals surface area contributed by atoms with Crippen molar-refractivity contribution in [3.8, 4) is 0 Å². The first-order valence-corrected chi connectivity index (χ1v) is 5.92. The highest BCUT2D eigenvalue weighted by atomic mass is 19.1. The molecule has 1 heterocycles. The van der Waals surface area contributed by atoms with Gasteiger partial charge in [-0.3, -0.25) is 9.48 Å². The maximum Gasteiger partial charge on any atom is 0.276 e. The quantitative estimate of drug-likeness (QED) is 0.890.